The second kappa shape index (κ2) is 8.66. The highest BCUT2D eigenvalue weighted by molar-refractivity contribution is 7.09. The zero-order valence-corrected chi connectivity index (χ0v) is 15.4. The topological polar surface area (TPSA) is 53.2 Å². The van der Waals surface area contributed by atoms with Crippen molar-refractivity contribution in [3.05, 3.63) is 76.5 Å². The van der Waals surface area contributed by atoms with Gasteiger partial charge in [-0.05, 0) is 66.6 Å². The van der Waals surface area contributed by atoms with Gasteiger partial charge in [-0.15, -0.1) is 11.3 Å². The van der Waals surface area contributed by atoms with Crippen molar-refractivity contribution in [1.29, 1.82) is 5.26 Å². The van der Waals surface area contributed by atoms with Crippen molar-refractivity contribution in [2.45, 2.75) is 32.0 Å². The molecular formula is C22H21NO2S. The predicted octanol–water partition coefficient (Wildman–Crippen LogP) is 5.05. The third-order valence-corrected chi connectivity index (χ3v) is 5.25. The highest BCUT2D eigenvalue weighted by Gasteiger charge is 2.16. The Morgan fingerprint density at radius 3 is 2.58 bits per heavy atom. The summed E-state index contributed by atoms with van der Waals surface area (Å²) in [5.74, 6) is 0.730. The van der Waals surface area contributed by atoms with Crippen molar-refractivity contribution < 1.29 is 9.84 Å². The van der Waals surface area contributed by atoms with Crippen molar-refractivity contribution in [2.24, 2.45) is 0 Å². The molecule has 1 N–H and O–H groups in total. The van der Waals surface area contributed by atoms with Crippen molar-refractivity contribution >= 4 is 11.3 Å². The lowest BCUT2D eigenvalue weighted by atomic mass is 10.0. The van der Waals surface area contributed by atoms with E-state index >= 15 is 0 Å². The van der Waals surface area contributed by atoms with Gasteiger partial charge in [0.25, 0.3) is 0 Å². The largest absolute Gasteiger partial charge is 0.488 e. The van der Waals surface area contributed by atoms with Crippen molar-refractivity contribution in [3.8, 4) is 22.9 Å². The average molecular weight is 363 g/mol. The molecule has 1 heterocycles. The van der Waals surface area contributed by atoms with Crippen LogP contribution >= 0.6 is 11.3 Å². The molecule has 0 fully saturated rings. The second-order valence-electron chi connectivity index (χ2n) is 6.23. The molecule has 2 unspecified atom stereocenters. The van der Waals surface area contributed by atoms with E-state index in [0.717, 1.165) is 23.3 Å². The van der Waals surface area contributed by atoms with Crippen molar-refractivity contribution in [3.63, 3.8) is 0 Å². The van der Waals surface area contributed by atoms with Crippen LogP contribution in [0.15, 0.2) is 66.0 Å². The quantitative estimate of drug-likeness (QED) is 0.639. The van der Waals surface area contributed by atoms with Gasteiger partial charge < -0.3 is 9.84 Å². The lowest BCUT2D eigenvalue weighted by Gasteiger charge is -2.20. The molecule has 0 aliphatic rings. The number of hydrogen-bond donors (Lipinski definition) is 1. The monoisotopic (exact) mass is 363 g/mol. The highest BCUT2D eigenvalue weighted by Crippen LogP contribution is 2.24. The smallest absolute Gasteiger partial charge is 0.122 e. The Kier molecular flexibility index (Phi) is 6.06. The molecule has 0 aliphatic carbocycles. The molecule has 2 aromatic carbocycles. The Bertz CT molecular complexity index is 866. The Balaban J connectivity index is 1.58. The molecule has 2 atom stereocenters. The van der Waals surface area contributed by atoms with Gasteiger partial charge in [0.1, 0.15) is 11.9 Å². The Morgan fingerprint density at radius 2 is 1.88 bits per heavy atom. The number of nitrogens with zero attached hydrogens (tertiary/aromatic N) is 1. The number of rotatable bonds is 7. The normalized spacial score (nSPS) is 13.0. The average Bonchev–Trinajstić information content (AvgIpc) is 3.20. The van der Waals surface area contributed by atoms with E-state index in [1.165, 1.54) is 4.88 Å². The summed E-state index contributed by atoms with van der Waals surface area (Å²) in [4.78, 5) is 1.28. The number of aliphatic hydroxyl groups is 1. The van der Waals surface area contributed by atoms with E-state index in [-0.39, 0.29) is 6.10 Å². The zero-order valence-electron chi connectivity index (χ0n) is 14.6. The first-order valence-corrected chi connectivity index (χ1v) is 9.51. The molecule has 0 aliphatic heterocycles. The standard InChI is InChI=1S/C22H21NO2S/c1-16(22(24)12-11-21-6-3-13-26-21)25-20-9-7-18(8-10-20)19-5-2-4-17(14-19)15-23/h2-10,13-14,16,22,24H,11-12H2,1H3. The predicted molar refractivity (Wildman–Crippen MR) is 105 cm³/mol. The summed E-state index contributed by atoms with van der Waals surface area (Å²) in [6, 6.07) is 21.5. The molecular weight excluding hydrogens is 342 g/mol. The minimum Gasteiger partial charge on any atom is -0.488 e. The molecule has 0 spiro atoms. The van der Waals surface area contributed by atoms with Gasteiger partial charge in [0.05, 0.1) is 17.7 Å². The fourth-order valence-electron chi connectivity index (χ4n) is 2.77. The van der Waals surface area contributed by atoms with Crippen LogP contribution in [-0.4, -0.2) is 17.3 Å². The van der Waals surface area contributed by atoms with E-state index in [9.17, 15) is 5.11 Å². The molecule has 0 amide bonds. The van der Waals surface area contributed by atoms with Crippen LogP contribution in [0.3, 0.4) is 0 Å². The maximum atomic E-state index is 10.3. The van der Waals surface area contributed by atoms with Crippen LogP contribution < -0.4 is 4.74 Å². The lowest BCUT2D eigenvalue weighted by Crippen LogP contribution is -2.29. The minimum atomic E-state index is -0.510. The number of benzene rings is 2. The Morgan fingerprint density at radius 1 is 1.08 bits per heavy atom. The molecule has 3 aromatic rings. The molecule has 3 rings (SSSR count). The van der Waals surface area contributed by atoms with E-state index < -0.39 is 6.10 Å². The van der Waals surface area contributed by atoms with E-state index in [2.05, 4.69) is 17.5 Å². The van der Waals surface area contributed by atoms with Gasteiger partial charge in [0.15, 0.2) is 0 Å². The first-order chi connectivity index (χ1) is 12.7. The van der Waals surface area contributed by atoms with E-state index in [1.807, 2.05) is 55.5 Å². The number of nitriles is 1. The van der Waals surface area contributed by atoms with Gasteiger partial charge in [-0.2, -0.15) is 5.26 Å². The Hall–Kier alpha value is -2.61. The van der Waals surface area contributed by atoms with Gasteiger partial charge in [-0.1, -0.05) is 30.3 Å². The molecule has 0 radical (unpaired) electrons. The summed E-state index contributed by atoms with van der Waals surface area (Å²) in [5, 5.41) is 21.4. The summed E-state index contributed by atoms with van der Waals surface area (Å²) in [7, 11) is 0. The van der Waals surface area contributed by atoms with E-state index in [4.69, 9.17) is 10.00 Å². The van der Waals surface area contributed by atoms with Crippen LogP contribution in [0, 0.1) is 11.3 Å². The molecule has 26 heavy (non-hydrogen) atoms. The minimum absolute atomic E-state index is 0.275. The molecule has 1 aromatic heterocycles. The van der Waals surface area contributed by atoms with Crippen LogP contribution in [0.5, 0.6) is 5.75 Å². The summed E-state index contributed by atoms with van der Waals surface area (Å²) in [6.07, 6.45) is 0.758. The van der Waals surface area contributed by atoms with Gasteiger partial charge in [0.2, 0.25) is 0 Å². The van der Waals surface area contributed by atoms with Crippen LogP contribution in [0.1, 0.15) is 23.8 Å². The van der Waals surface area contributed by atoms with Crippen LogP contribution in [0.2, 0.25) is 0 Å². The second-order valence-corrected chi connectivity index (χ2v) is 7.26. The summed E-state index contributed by atoms with van der Waals surface area (Å²) >= 11 is 1.71. The SMILES string of the molecule is CC(Oc1ccc(-c2cccc(C#N)c2)cc1)C(O)CCc1cccs1. The third-order valence-electron chi connectivity index (χ3n) is 4.31. The number of hydrogen-bond acceptors (Lipinski definition) is 4. The van der Waals surface area contributed by atoms with Gasteiger partial charge in [-0.25, -0.2) is 0 Å². The summed E-state index contributed by atoms with van der Waals surface area (Å²) in [5.41, 5.74) is 2.67. The molecule has 0 saturated carbocycles. The zero-order chi connectivity index (χ0) is 18.4. The van der Waals surface area contributed by atoms with Crippen molar-refractivity contribution in [2.75, 3.05) is 0 Å². The Labute approximate surface area is 158 Å². The van der Waals surface area contributed by atoms with Crippen LogP contribution in [0.4, 0.5) is 0 Å². The van der Waals surface area contributed by atoms with Gasteiger partial charge in [-0.3, -0.25) is 0 Å². The maximum Gasteiger partial charge on any atom is 0.122 e. The third kappa shape index (κ3) is 4.72. The first kappa shape index (κ1) is 18.2. The molecule has 132 valence electrons. The number of thiophene rings is 1. The van der Waals surface area contributed by atoms with Crippen LogP contribution in [0.25, 0.3) is 11.1 Å². The lowest BCUT2D eigenvalue weighted by molar-refractivity contribution is 0.0421. The molecule has 0 bridgehead atoms. The number of aliphatic hydroxyl groups excluding tert-OH is 1. The van der Waals surface area contributed by atoms with Gasteiger partial charge in [0, 0.05) is 4.88 Å². The molecule has 0 saturated heterocycles. The fourth-order valence-corrected chi connectivity index (χ4v) is 3.49. The fraction of sp³-hybridized carbons (Fsp3) is 0.227. The number of aryl methyl sites for hydroxylation is 1. The molecule has 4 heteroatoms. The van der Waals surface area contributed by atoms with Crippen molar-refractivity contribution in [1.82, 2.24) is 0 Å². The number of ether oxygens (including phenoxy) is 1. The summed E-state index contributed by atoms with van der Waals surface area (Å²) < 4.78 is 5.88. The van der Waals surface area contributed by atoms with E-state index in [0.29, 0.717) is 12.0 Å². The highest BCUT2D eigenvalue weighted by atomic mass is 32.1. The molecule has 3 nitrogen and oxygen atoms in total. The maximum absolute atomic E-state index is 10.3. The van der Waals surface area contributed by atoms with E-state index in [1.54, 1.807) is 17.4 Å². The van der Waals surface area contributed by atoms with Gasteiger partial charge >= 0.3 is 0 Å². The first-order valence-electron chi connectivity index (χ1n) is 8.63. The summed E-state index contributed by atoms with van der Waals surface area (Å²) in [6.45, 7) is 1.89. The van der Waals surface area contributed by atoms with Crippen LogP contribution in [-0.2, 0) is 6.42 Å².